The van der Waals surface area contributed by atoms with E-state index >= 15 is 0 Å². The molecule has 3 heteroatoms. The first-order valence-electron chi connectivity index (χ1n) is 2.59. The van der Waals surface area contributed by atoms with Crippen molar-refractivity contribution in [2.45, 2.75) is 0 Å². The summed E-state index contributed by atoms with van der Waals surface area (Å²) in [7, 11) is 0. The van der Waals surface area contributed by atoms with Crippen LogP contribution in [-0.4, -0.2) is 32.1 Å². The fourth-order valence-electron chi connectivity index (χ4n) is 0.581. The maximum atomic E-state index is 10.3. The van der Waals surface area contributed by atoms with Gasteiger partial charge in [0.05, 0.1) is 0 Å². The molecule has 44 valence electrons. The normalized spacial score (nSPS) is 14.4. The van der Waals surface area contributed by atoms with E-state index in [4.69, 9.17) is 5.11 Å². The SMILES string of the molecule is O=C(O)[C]1=[Ga][CH]=CC=C1. The average Bonchev–Trinajstić information content (AvgIpc) is 1.90. The Morgan fingerprint density at radius 1 is 1.56 bits per heavy atom. The van der Waals surface area contributed by atoms with Crippen molar-refractivity contribution < 1.29 is 9.90 Å². The van der Waals surface area contributed by atoms with Crippen LogP contribution in [0.1, 0.15) is 0 Å². The number of allylic oxidation sites excluding steroid dienone is 2. The molecule has 0 fully saturated rings. The second-order valence-electron chi connectivity index (χ2n) is 1.67. The zero-order valence-electron chi connectivity index (χ0n) is 4.74. The van der Waals surface area contributed by atoms with E-state index in [0.717, 1.165) is 0 Å². The minimum absolute atomic E-state index is 0.612. The van der Waals surface area contributed by atoms with Crippen LogP contribution < -0.4 is 0 Å². The van der Waals surface area contributed by atoms with Crippen molar-refractivity contribution in [3.8, 4) is 0 Å². The minimum atomic E-state index is -0.754. The molecule has 0 aromatic rings. The van der Waals surface area contributed by atoms with E-state index in [0.29, 0.717) is 4.07 Å². The number of hydrogen-bond donors (Lipinski definition) is 1. The Labute approximate surface area is 60.2 Å². The van der Waals surface area contributed by atoms with Gasteiger partial charge in [-0.05, 0) is 0 Å². The molecule has 0 radical (unpaired) electrons. The number of hydrogen-bond acceptors (Lipinski definition) is 1. The first kappa shape index (κ1) is 6.57. The van der Waals surface area contributed by atoms with Crippen molar-refractivity contribution in [1.82, 2.24) is 0 Å². The molecule has 1 heterocycles. The van der Waals surface area contributed by atoms with Crippen molar-refractivity contribution >= 4 is 27.0 Å². The van der Waals surface area contributed by atoms with E-state index in [2.05, 4.69) is 0 Å². The Bertz CT molecular complexity index is 213. The van der Waals surface area contributed by atoms with Crippen molar-refractivity contribution in [2.75, 3.05) is 0 Å². The summed E-state index contributed by atoms with van der Waals surface area (Å²) in [5.74, 6) is -0.754. The van der Waals surface area contributed by atoms with Gasteiger partial charge in [-0.15, -0.1) is 0 Å². The van der Waals surface area contributed by atoms with Gasteiger partial charge in [0, 0.05) is 0 Å². The van der Waals surface area contributed by atoms with Crippen LogP contribution in [0.2, 0.25) is 0 Å². The summed E-state index contributed by atoms with van der Waals surface area (Å²) in [5.41, 5.74) is 0. The maximum absolute atomic E-state index is 10.3. The molecule has 0 aromatic heterocycles. The van der Waals surface area contributed by atoms with Crippen LogP contribution in [0.5, 0.6) is 0 Å². The summed E-state index contributed by atoms with van der Waals surface area (Å²) in [5, 5.41) is 8.46. The third-order valence-corrected chi connectivity index (χ3v) is 3.57. The van der Waals surface area contributed by atoms with Gasteiger partial charge in [0.1, 0.15) is 0 Å². The second-order valence-corrected chi connectivity index (χ2v) is 4.48. The number of aliphatic carboxylic acids is 1. The molecule has 0 saturated carbocycles. The summed E-state index contributed by atoms with van der Waals surface area (Å²) in [6, 6.07) is 0. The van der Waals surface area contributed by atoms with Gasteiger partial charge < -0.3 is 0 Å². The van der Waals surface area contributed by atoms with Gasteiger partial charge in [-0.3, -0.25) is 0 Å². The van der Waals surface area contributed by atoms with E-state index in [-0.39, 0.29) is 0 Å². The third-order valence-electron chi connectivity index (χ3n) is 1.02. The molecule has 1 rings (SSSR count). The molecule has 2 nitrogen and oxygen atoms in total. The van der Waals surface area contributed by atoms with Gasteiger partial charge in [-0.2, -0.15) is 0 Å². The molecular formula is C6H5GaO2. The number of carboxylic acid groups (broad SMARTS) is 1. The number of carbonyl (C=O) groups is 1. The van der Waals surface area contributed by atoms with E-state index in [1.807, 2.05) is 10.7 Å². The summed E-state index contributed by atoms with van der Waals surface area (Å²) < 4.78 is 2.59. The Morgan fingerprint density at radius 3 is 2.67 bits per heavy atom. The van der Waals surface area contributed by atoms with Crippen LogP contribution in [0.3, 0.4) is 0 Å². The second kappa shape index (κ2) is 2.84. The van der Waals surface area contributed by atoms with Crippen molar-refractivity contribution in [2.24, 2.45) is 0 Å². The standard InChI is InChI=1S/C6H5O2.Ga/c1-2-3-4-5-6(7)8;/h1-4H,(H,7,8);. The Balaban J connectivity index is 2.84. The van der Waals surface area contributed by atoms with Crippen molar-refractivity contribution in [3.05, 3.63) is 22.9 Å². The van der Waals surface area contributed by atoms with Crippen molar-refractivity contribution in [3.63, 3.8) is 0 Å². The van der Waals surface area contributed by atoms with Crippen LogP contribution in [-0.2, 0) is 4.79 Å². The molecule has 0 amide bonds. The number of rotatable bonds is 1. The van der Waals surface area contributed by atoms with Crippen LogP contribution >= 0.6 is 0 Å². The summed E-state index contributed by atoms with van der Waals surface area (Å²) in [6.07, 6.45) is 5.36. The summed E-state index contributed by atoms with van der Waals surface area (Å²) in [6.45, 7) is 0. The predicted octanol–water partition coefficient (Wildman–Crippen LogP) is 0.0311. The number of carboxylic acids is 1. The first-order chi connectivity index (χ1) is 4.30. The van der Waals surface area contributed by atoms with Crippen LogP contribution in [0.25, 0.3) is 0 Å². The Kier molecular flexibility index (Phi) is 2.08. The molecule has 1 aliphatic heterocycles. The molecule has 0 aliphatic carbocycles. The molecule has 1 aliphatic rings. The fraction of sp³-hybridized carbons (Fsp3) is 0. The van der Waals surface area contributed by atoms with E-state index in [1.54, 1.807) is 12.2 Å². The van der Waals surface area contributed by atoms with Gasteiger partial charge in [0.2, 0.25) is 0 Å². The molecule has 0 bridgehead atoms. The van der Waals surface area contributed by atoms with Crippen LogP contribution in [0.15, 0.2) is 22.9 Å². The molecular weight excluding hydrogens is 174 g/mol. The molecule has 0 unspecified atom stereocenters. The molecule has 0 aromatic carbocycles. The Morgan fingerprint density at radius 2 is 2.33 bits per heavy atom. The third kappa shape index (κ3) is 1.69. The van der Waals surface area contributed by atoms with Gasteiger partial charge in [-0.1, -0.05) is 0 Å². The predicted molar refractivity (Wildman–Crippen MR) is 36.7 cm³/mol. The molecule has 0 saturated heterocycles. The van der Waals surface area contributed by atoms with E-state index < -0.39 is 22.9 Å². The topological polar surface area (TPSA) is 37.3 Å². The van der Waals surface area contributed by atoms with Crippen molar-refractivity contribution in [1.29, 1.82) is 0 Å². The molecule has 0 atom stereocenters. The quantitative estimate of drug-likeness (QED) is 0.576. The Hall–Kier alpha value is -0.544. The monoisotopic (exact) mass is 178 g/mol. The molecule has 9 heavy (non-hydrogen) atoms. The van der Waals surface area contributed by atoms with Gasteiger partial charge in [0.15, 0.2) is 0 Å². The molecule has 0 spiro atoms. The summed E-state index contributed by atoms with van der Waals surface area (Å²) >= 11 is -0.716. The van der Waals surface area contributed by atoms with Crippen LogP contribution in [0, 0.1) is 0 Å². The zero-order chi connectivity index (χ0) is 6.69. The molecule has 1 N–H and O–H groups in total. The van der Waals surface area contributed by atoms with E-state index in [9.17, 15) is 4.79 Å². The average molecular weight is 179 g/mol. The fourth-order valence-corrected chi connectivity index (χ4v) is 2.28. The van der Waals surface area contributed by atoms with Crippen LogP contribution in [0.4, 0.5) is 0 Å². The van der Waals surface area contributed by atoms with Gasteiger partial charge in [-0.25, -0.2) is 0 Å². The summed E-state index contributed by atoms with van der Waals surface area (Å²) in [4.78, 5) is 10.3. The zero-order valence-corrected chi connectivity index (χ0v) is 7.16. The van der Waals surface area contributed by atoms with Gasteiger partial charge in [0.25, 0.3) is 0 Å². The first-order valence-corrected chi connectivity index (χ1v) is 5.20. The van der Waals surface area contributed by atoms with Gasteiger partial charge >= 0.3 is 59.7 Å². The van der Waals surface area contributed by atoms with E-state index in [1.165, 1.54) is 0 Å².